The number of aromatic nitrogens is 2. The summed E-state index contributed by atoms with van der Waals surface area (Å²) in [6, 6.07) is 6.43. The van der Waals surface area contributed by atoms with Crippen LogP contribution >= 0.6 is 11.8 Å². The van der Waals surface area contributed by atoms with E-state index in [0.717, 1.165) is 22.9 Å². The van der Waals surface area contributed by atoms with E-state index >= 15 is 0 Å². The van der Waals surface area contributed by atoms with Crippen molar-refractivity contribution in [2.24, 2.45) is 0 Å². The van der Waals surface area contributed by atoms with Crippen molar-refractivity contribution >= 4 is 41.0 Å². The third-order valence-electron chi connectivity index (χ3n) is 3.26. The summed E-state index contributed by atoms with van der Waals surface area (Å²) in [5.74, 6) is -0.0396. The zero-order valence-corrected chi connectivity index (χ0v) is 15.0. The minimum absolute atomic E-state index is 0.218. The van der Waals surface area contributed by atoms with Gasteiger partial charge in [0, 0.05) is 11.8 Å². The number of imide groups is 1. The first-order valence-electron chi connectivity index (χ1n) is 7.50. The minimum Gasteiger partial charge on any atom is -0.383 e. The molecule has 1 aromatic carbocycles. The Balaban J connectivity index is 1.94. The van der Waals surface area contributed by atoms with Gasteiger partial charge in [0.2, 0.25) is 5.91 Å². The van der Waals surface area contributed by atoms with Gasteiger partial charge >= 0.3 is 6.03 Å². The summed E-state index contributed by atoms with van der Waals surface area (Å²) < 4.78 is 0. The van der Waals surface area contributed by atoms with Gasteiger partial charge in [0.1, 0.15) is 11.6 Å². The van der Waals surface area contributed by atoms with Crippen molar-refractivity contribution in [1.82, 2.24) is 15.3 Å². The van der Waals surface area contributed by atoms with Gasteiger partial charge in [-0.25, -0.2) is 14.8 Å². The molecule has 6 N–H and O–H groups in total. The first-order valence-corrected chi connectivity index (χ1v) is 8.38. The Hall–Kier alpha value is -2.81. The maximum Gasteiger partial charge on any atom is 0.325 e. The van der Waals surface area contributed by atoms with Gasteiger partial charge < -0.3 is 16.8 Å². The maximum atomic E-state index is 12.1. The van der Waals surface area contributed by atoms with Gasteiger partial charge in [-0.1, -0.05) is 29.5 Å². The molecule has 1 atom stereocenters. The average molecular weight is 360 g/mol. The molecule has 3 amide bonds. The molecule has 0 unspecified atom stereocenters. The number of anilines is 3. The Morgan fingerprint density at radius 2 is 1.76 bits per heavy atom. The number of nitrogens with one attached hydrogen (secondary N) is 2. The van der Waals surface area contributed by atoms with Crippen LogP contribution in [0.3, 0.4) is 0 Å². The highest BCUT2D eigenvalue weighted by Gasteiger charge is 2.19. The van der Waals surface area contributed by atoms with Gasteiger partial charge in [0.05, 0.1) is 5.25 Å². The van der Waals surface area contributed by atoms with E-state index in [9.17, 15) is 9.59 Å². The molecule has 132 valence electrons. The Morgan fingerprint density at radius 3 is 2.36 bits per heavy atom. The fourth-order valence-electron chi connectivity index (χ4n) is 2.05. The van der Waals surface area contributed by atoms with E-state index in [1.54, 1.807) is 13.0 Å². The Bertz CT molecular complexity index is 791. The second-order valence-corrected chi connectivity index (χ2v) is 6.83. The molecule has 1 aromatic heterocycles. The molecule has 8 nitrogen and oxygen atoms in total. The van der Waals surface area contributed by atoms with E-state index < -0.39 is 17.2 Å². The van der Waals surface area contributed by atoms with Gasteiger partial charge in [-0.05, 0) is 32.4 Å². The predicted octanol–water partition coefficient (Wildman–Crippen LogP) is 2.09. The van der Waals surface area contributed by atoms with Crippen molar-refractivity contribution < 1.29 is 9.59 Å². The number of hydrogen-bond donors (Lipinski definition) is 4. The quantitative estimate of drug-likeness (QED) is 0.484. The highest BCUT2D eigenvalue weighted by Crippen LogP contribution is 2.21. The topological polar surface area (TPSA) is 136 Å². The molecule has 0 fully saturated rings. The van der Waals surface area contributed by atoms with Crippen LogP contribution in [-0.2, 0) is 4.79 Å². The van der Waals surface area contributed by atoms with E-state index in [1.807, 2.05) is 26.0 Å². The monoisotopic (exact) mass is 360 g/mol. The normalized spacial score (nSPS) is 11.6. The maximum absolute atomic E-state index is 12.1. The highest BCUT2D eigenvalue weighted by molar-refractivity contribution is 8.00. The summed E-state index contributed by atoms with van der Waals surface area (Å²) in [6.45, 7) is 5.47. The van der Waals surface area contributed by atoms with Crippen LogP contribution in [0, 0.1) is 13.8 Å². The smallest absolute Gasteiger partial charge is 0.325 e. The van der Waals surface area contributed by atoms with Crippen LogP contribution in [0.4, 0.5) is 22.1 Å². The second kappa shape index (κ2) is 7.84. The van der Waals surface area contributed by atoms with Crippen LogP contribution in [0.15, 0.2) is 29.4 Å². The molecule has 9 heteroatoms. The lowest BCUT2D eigenvalue weighted by Crippen LogP contribution is -2.39. The number of nitrogens with zero attached hydrogens (tertiary/aromatic N) is 2. The molecule has 2 rings (SSSR count). The SMILES string of the molecule is Cc1ccc(NC(=O)NC(=O)[C@H](C)Sc2nc(N)cc(N)n2)c(C)c1. The molecule has 2 aromatic rings. The summed E-state index contributed by atoms with van der Waals surface area (Å²) in [7, 11) is 0. The lowest BCUT2D eigenvalue weighted by Gasteiger charge is -2.13. The molecule has 25 heavy (non-hydrogen) atoms. The number of aryl methyl sites for hydroxylation is 2. The minimum atomic E-state index is -0.605. The Morgan fingerprint density at radius 1 is 1.12 bits per heavy atom. The number of amides is 3. The fraction of sp³-hybridized carbons (Fsp3) is 0.250. The molecule has 0 radical (unpaired) electrons. The molecule has 1 heterocycles. The molecule has 0 aliphatic rings. The van der Waals surface area contributed by atoms with E-state index in [0.29, 0.717) is 5.69 Å². The van der Waals surface area contributed by atoms with Gasteiger partial charge in [-0.15, -0.1) is 0 Å². The molecular weight excluding hydrogens is 340 g/mol. The standard InChI is InChI=1S/C16H20N6O2S/c1-8-4-5-11(9(2)6-8)19-15(24)22-14(23)10(3)25-16-20-12(17)7-13(18)21-16/h4-7,10H,1-3H3,(H4,17,18,20,21)(H2,19,22,23,24)/t10-/m0/s1. The van der Waals surface area contributed by atoms with Gasteiger partial charge in [0.25, 0.3) is 0 Å². The lowest BCUT2D eigenvalue weighted by molar-refractivity contribution is -0.119. The zero-order chi connectivity index (χ0) is 18.6. The van der Waals surface area contributed by atoms with Crippen LogP contribution in [0.2, 0.25) is 0 Å². The molecule has 0 aliphatic carbocycles. The summed E-state index contributed by atoms with van der Waals surface area (Å²) in [5, 5.41) is 4.61. The molecular formula is C16H20N6O2S. The molecule has 0 bridgehead atoms. The summed E-state index contributed by atoms with van der Waals surface area (Å²) >= 11 is 1.06. The van der Waals surface area contributed by atoms with Gasteiger partial charge in [-0.3, -0.25) is 10.1 Å². The number of nitrogen functional groups attached to an aromatic ring is 2. The number of hydrogen-bond acceptors (Lipinski definition) is 7. The van der Waals surface area contributed by atoms with Crippen molar-refractivity contribution in [2.75, 3.05) is 16.8 Å². The number of carbonyl (C=O) groups excluding carboxylic acids is 2. The van der Waals surface area contributed by atoms with E-state index in [2.05, 4.69) is 20.6 Å². The number of nitrogens with two attached hydrogens (primary N) is 2. The summed E-state index contributed by atoms with van der Waals surface area (Å²) in [4.78, 5) is 32.1. The third-order valence-corrected chi connectivity index (χ3v) is 4.22. The summed E-state index contributed by atoms with van der Waals surface area (Å²) in [6.07, 6.45) is 0. The van der Waals surface area contributed by atoms with Crippen molar-refractivity contribution in [1.29, 1.82) is 0 Å². The Labute approximate surface area is 149 Å². The number of benzene rings is 1. The molecule has 0 saturated heterocycles. The highest BCUT2D eigenvalue weighted by atomic mass is 32.2. The van der Waals surface area contributed by atoms with Crippen LogP contribution < -0.4 is 22.1 Å². The first-order chi connectivity index (χ1) is 11.7. The van der Waals surface area contributed by atoms with Crippen molar-refractivity contribution in [3.8, 4) is 0 Å². The van der Waals surface area contributed by atoms with Gasteiger partial charge in [0.15, 0.2) is 5.16 Å². The first kappa shape index (κ1) is 18.5. The van der Waals surface area contributed by atoms with Gasteiger partial charge in [-0.2, -0.15) is 0 Å². The number of carbonyl (C=O) groups is 2. The lowest BCUT2D eigenvalue weighted by atomic mass is 10.1. The van der Waals surface area contributed by atoms with E-state index in [-0.39, 0.29) is 16.8 Å². The second-order valence-electron chi connectivity index (χ2n) is 5.52. The zero-order valence-electron chi connectivity index (χ0n) is 14.2. The van der Waals surface area contributed by atoms with Crippen molar-refractivity contribution in [3.63, 3.8) is 0 Å². The number of urea groups is 1. The van der Waals surface area contributed by atoms with Crippen LogP contribution in [0.25, 0.3) is 0 Å². The largest absolute Gasteiger partial charge is 0.383 e. The molecule has 0 spiro atoms. The number of rotatable bonds is 4. The predicted molar refractivity (Wildman–Crippen MR) is 99.3 cm³/mol. The van der Waals surface area contributed by atoms with Crippen LogP contribution in [0.1, 0.15) is 18.1 Å². The Kier molecular flexibility index (Phi) is 5.81. The fourth-order valence-corrected chi connectivity index (χ4v) is 2.85. The van der Waals surface area contributed by atoms with Crippen LogP contribution in [-0.4, -0.2) is 27.2 Å². The van der Waals surface area contributed by atoms with E-state index in [1.165, 1.54) is 6.07 Å². The molecule has 0 saturated carbocycles. The average Bonchev–Trinajstić information content (AvgIpc) is 2.49. The van der Waals surface area contributed by atoms with E-state index in [4.69, 9.17) is 11.5 Å². The van der Waals surface area contributed by atoms with Crippen LogP contribution in [0.5, 0.6) is 0 Å². The number of thioether (sulfide) groups is 1. The third kappa shape index (κ3) is 5.35. The van der Waals surface area contributed by atoms with Crippen molar-refractivity contribution in [3.05, 3.63) is 35.4 Å². The van der Waals surface area contributed by atoms with Crippen molar-refractivity contribution in [2.45, 2.75) is 31.2 Å². The summed E-state index contributed by atoms with van der Waals surface area (Å²) in [5.41, 5.74) is 13.8. The molecule has 0 aliphatic heterocycles.